The van der Waals surface area contributed by atoms with Gasteiger partial charge in [-0.2, -0.15) is 0 Å². The van der Waals surface area contributed by atoms with Gasteiger partial charge < -0.3 is 9.64 Å². The van der Waals surface area contributed by atoms with E-state index >= 15 is 0 Å². The fourth-order valence-electron chi connectivity index (χ4n) is 1.97. The number of likely N-dealkylation sites (tertiary alicyclic amines) is 1. The van der Waals surface area contributed by atoms with Crippen LogP contribution < -0.4 is 0 Å². The standard InChI is InChI=1S/C11H14ClN3O2/c1-15-4-3-7(6-15)10-13-8(11(16)17-2)5-9(12)14-10/h5,7H,3-4,6H2,1-2H3. The lowest BCUT2D eigenvalue weighted by Gasteiger charge is -2.10. The second-order valence-corrected chi connectivity index (χ2v) is 4.56. The van der Waals surface area contributed by atoms with Crippen molar-refractivity contribution in [1.29, 1.82) is 0 Å². The third-order valence-electron chi connectivity index (χ3n) is 2.86. The SMILES string of the molecule is COC(=O)c1cc(Cl)nc(C2CCN(C)C2)n1. The number of likely N-dealkylation sites (N-methyl/N-ethyl adjacent to an activating group) is 1. The van der Waals surface area contributed by atoms with E-state index in [0.717, 1.165) is 19.5 Å². The number of methoxy groups -OCH3 is 1. The molecule has 0 spiro atoms. The van der Waals surface area contributed by atoms with Crippen molar-refractivity contribution in [3.05, 3.63) is 22.7 Å². The Hall–Kier alpha value is -1.20. The van der Waals surface area contributed by atoms with Crippen LogP contribution in [-0.2, 0) is 4.74 Å². The van der Waals surface area contributed by atoms with Gasteiger partial charge in [-0.3, -0.25) is 0 Å². The number of nitrogens with zero attached hydrogens (tertiary/aromatic N) is 3. The maximum absolute atomic E-state index is 11.4. The van der Waals surface area contributed by atoms with E-state index in [1.807, 2.05) is 7.05 Å². The number of aromatic nitrogens is 2. The summed E-state index contributed by atoms with van der Waals surface area (Å²) in [5.74, 6) is 0.381. The van der Waals surface area contributed by atoms with Gasteiger partial charge in [0, 0.05) is 18.5 Å². The second-order valence-electron chi connectivity index (χ2n) is 4.17. The number of hydrogen-bond acceptors (Lipinski definition) is 5. The van der Waals surface area contributed by atoms with Crippen LogP contribution in [0.1, 0.15) is 28.7 Å². The Morgan fingerprint density at radius 2 is 2.35 bits per heavy atom. The molecule has 2 heterocycles. The molecule has 1 aliphatic heterocycles. The topological polar surface area (TPSA) is 55.3 Å². The molecule has 0 saturated carbocycles. The average Bonchev–Trinajstić information content (AvgIpc) is 2.74. The van der Waals surface area contributed by atoms with Crippen LogP contribution in [0.3, 0.4) is 0 Å². The maximum Gasteiger partial charge on any atom is 0.356 e. The summed E-state index contributed by atoms with van der Waals surface area (Å²) >= 11 is 5.89. The van der Waals surface area contributed by atoms with Crippen molar-refractivity contribution < 1.29 is 9.53 Å². The number of esters is 1. The molecule has 0 radical (unpaired) electrons. The van der Waals surface area contributed by atoms with Crippen molar-refractivity contribution in [3.8, 4) is 0 Å². The van der Waals surface area contributed by atoms with Gasteiger partial charge in [-0.1, -0.05) is 11.6 Å². The van der Waals surface area contributed by atoms with E-state index in [2.05, 4.69) is 19.6 Å². The van der Waals surface area contributed by atoms with Crippen molar-refractivity contribution in [3.63, 3.8) is 0 Å². The van der Waals surface area contributed by atoms with Gasteiger partial charge in [-0.15, -0.1) is 0 Å². The van der Waals surface area contributed by atoms with Crippen molar-refractivity contribution >= 4 is 17.6 Å². The molecule has 0 aliphatic carbocycles. The minimum absolute atomic E-state index is 0.219. The largest absolute Gasteiger partial charge is 0.464 e. The number of carbonyl (C=O) groups is 1. The van der Waals surface area contributed by atoms with Crippen molar-refractivity contribution in [2.24, 2.45) is 0 Å². The van der Waals surface area contributed by atoms with Gasteiger partial charge in [0.25, 0.3) is 0 Å². The van der Waals surface area contributed by atoms with Gasteiger partial charge in [-0.25, -0.2) is 14.8 Å². The second kappa shape index (κ2) is 4.98. The van der Waals surface area contributed by atoms with Crippen LogP contribution in [0, 0.1) is 0 Å². The van der Waals surface area contributed by atoms with Crippen LogP contribution in [0.4, 0.5) is 0 Å². The van der Waals surface area contributed by atoms with Gasteiger partial charge in [0.15, 0.2) is 5.69 Å². The minimum atomic E-state index is -0.484. The van der Waals surface area contributed by atoms with Crippen LogP contribution in [0.2, 0.25) is 5.15 Å². The number of carbonyl (C=O) groups excluding carboxylic acids is 1. The molecular formula is C11H14ClN3O2. The molecule has 0 N–H and O–H groups in total. The van der Waals surface area contributed by atoms with E-state index in [1.54, 1.807) is 0 Å². The molecule has 0 bridgehead atoms. The highest BCUT2D eigenvalue weighted by Gasteiger charge is 2.25. The van der Waals surface area contributed by atoms with E-state index in [1.165, 1.54) is 13.2 Å². The highest BCUT2D eigenvalue weighted by Crippen LogP contribution is 2.24. The number of halogens is 1. The quantitative estimate of drug-likeness (QED) is 0.590. The summed E-state index contributed by atoms with van der Waals surface area (Å²) in [7, 11) is 3.37. The van der Waals surface area contributed by atoms with E-state index in [4.69, 9.17) is 11.6 Å². The molecule has 1 aliphatic rings. The molecule has 1 saturated heterocycles. The lowest BCUT2D eigenvalue weighted by atomic mass is 10.1. The first-order chi connectivity index (χ1) is 8.10. The summed E-state index contributed by atoms with van der Waals surface area (Å²) in [6, 6.07) is 1.43. The predicted octanol–water partition coefficient (Wildman–Crippen LogP) is 1.34. The summed E-state index contributed by atoms with van der Waals surface area (Å²) < 4.78 is 4.63. The van der Waals surface area contributed by atoms with Gasteiger partial charge >= 0.3 is 5.97 Å². The Bertz CT molecular complexity index is 439. The predicted molar refractivity (Wildman–Crippen MR) is 63.2 cm³/mol. The molecule has 0 aromatic carbocycles. The smallest absolute Gasteiger partial charge is 0.356 e. The summed E-state index contributed by atoms with van der Waals surface area (Å²) in [5, 5.41) is 0.282. The lowest BCUT2D eigenvalue weighted by molar-refractivity contribution is 0.0593. The number of rotatable bonds is 2. The van der Waals surface area contributed by atoms with E-state index in [9.17, 15) is 4.79 Å². The first kappa shape index (κ1) is 12.3. The van der Waals surface area contributed by atoms with Crippen molar-refractivity contribution in [1.82, 2.24) is 14.9 Å². The molecule has 1 atom stereocenters. The zero-order chi connectivity index (χ0) is 12.4. The van der Waals surface area contributed by atoms with Gasteiger partial charge in [0.1, 0.15) is 11.0 Å². The average molecular weight is 256 g/mol. The Morgan fingerprint density at radius 3 is 2.94 bits per heavy atom. The molecule has 1 aromatic heterocycles. The van der Waals surface area contributed by atoms with Crippen LogP contribution in [0.25, 0.3) is 0 Å². The molecule has 1 fully saturated rings. The number of hydrogen-bond donors (Lipinski definition) is 0. The van der Waals surface area contributed by atoms with Crippen LogP contribution in [0.5, 0.6) is 0 Å². The Kier molecular flexibility index (Phi) is 3.59. The Balaban J connectivity index is 2.28. The summed E-state index contributed by atoms with van der Waals surface area (Å²) in [6.07, 6.45) is 0.984. The zero-order valence-corrected chi connectivity index (χ0v) is 10.6. The Morgan fingerprint density at radius 1 is 1.59 bits per heavy atom. The third-order valence-corrected chi connectivity index (χ3v) is 3.06. The van der Waals surface area contributed by atoms with Crippen molar-refractivity contribution in [2.75, 3.05) is 27.2 Å². The monoisotopic (exact) mass is 255 g/mol. The van der Waals surface area contributed by atoms with Crippen LogP contribution >= 0.6 is 11.6 Å². The van der Waals surface area contributed by atoms with Gasteiger partial charge in [0.2, 0.25) is 0 Å². The van der Waals surface area contributed by atoms with E-state index < -0.39 is 5.97 Å². The minimum Gasteiger partial charge on any atom is -0.464 e. The summed E-state index contributed by atoms with van der Waals surface area (Å²) in [6.45, 7) is 1.90. The number of ether oxygens (including phenoxy) is 1. The molecule has 0 amide bonds. The molecule has 1 unspecified atom stereocenters. The van der Waals surface area contributed by atoms with E-state index in [-0.39, 0.29) is 16.8 Å². The molecular weight excluding hydrogens is 242 g/mol. The zero-order valence-electron chi connectivity index (χ0n) is 9.81. The molecule has 2 rings (SSSR count). The Labute approximate surface area is 105 Å². The fraction of sp³-hybridized carbons (Fsp3) is 0.545. The highest BCUT2D eigenvalue weighted by atomic mass is 35.5. The fourth-order valence-corrected chi connectivity index (χ4v) is 2.16. The maximum atomic E-state index is 11.4. The van der Waals surface area contributed by atoms with Crippen molar-refractivity contribution in [2.45, 2.75) is 12.3 Å². The summed E-state index contributed by atoms with van der Waals surface area (Å²) in [4.78, 5) is 22.0. The first-order valence-electron chi connectivity index (χ1n) is 5.41. The van der Waals surface area contributed by atoms with Crippen LogP contribution in [0.15, 0.2) is 6.07 Å². The third kappa shape index (κ3) is 2.73. The van der Waals surface area contributed by atoms with Crippen LogP contribution in [-0.4, -0.2) is 48.1 Å². The molecule has 5 nitrogen and oxygen atoms in total. The van der Waals surface area contributed by atoms with E-state index in [0.29, 0.717) is 5.82 Å². The van der Waals surface area contributed by atoms with Gasteiger partial charge in [0.05, 0.1) is 7.11 Å². The molecule has 1 aromatic rings. The normalized spacial score (nSPS) is 20.5. The summed E-state index contributed by atoms with van der Waals surface area (Å²) in [5.41, 5.74) is 0.219. The molecule has 6 heteroatoms. The highest BCUT2D eigenvalue weighted by molar-refractivity contribution is 6.29. The molecule has 17 heavy (non-hydrogen) atoms. The van der Waals surface area contributed by atoms with Gasteiger partial charge in [-0.05, 0) is 20.0 Å². The molecule has 92 valence electrons. The lowest BCUT2D eigenvalue weighted by Crippen LogP contribution is -2.15. The first-order valence-corrected chi connectivity index (χ1v) is 5.79.